The molecule has 0 bridgehead atoms. The zero-order valence-electron chi connectivity index (χ0n) is 14.2. The summed E-state index contributed by atoms with van der Waals surface area (Å²) in [6.07, 6.45) is 1.81. The van der Waals surface area contributed by atoms with Crippen molar-refractivity contribution in [1.82, 2.24) is 5.32 Å². The summed E-state index contributed by atoms with van der Waals surface area (Å²) in [7, 11) is 0. The Morgan fingerprint density at radius 1 is 1.39 bits per heavy atom. The molecule has 1 aromatic carbocycles. The maximum Gasteiger partial charge on any atom is 0.310 e. The zero-order chi connectivity index (χ0) is 16.8. The van der Waals surface area contributed by atoms with Gasteiger partial charge in [-0.25, -0.2) is 0 Å². The second kappa shape index (κ2) is 7.99. The zero-order valence-corrected chi connectivity index (χ0v) is 14.2. The van der Waals surface area contributed by atoms with Crippen LogP contribution in [-0.4, -0.2) is 37.6 Å². The van der Waals surface area contributed by atoms with Gasteiger partial charge in [-0.05, 0) is 51.8 Å². The lowest BCUT2D eigenvalue weighted by Gasteiger charge is -2.33. The highest BCUT2D eigenvalue weighted by Gasteiger charge is 2.27. The number of benzene rings is 1. The van der Waals surface area contributed by atoms with E-state index in [1.807, 2.05) is 45.0 Å². The van der Waals surface area contributed by atoms with Crippen molar-refractivity contribution >= 4 is 17.6 Å². The predicted molar refractivity (Wildman–Crippen MR) is 90.6 cm³/mol. The van der Waals surface area contributed by atoms with Gasteiger partial charge in [0.2, 0.25) is 0 Å². The fourth-order valence-corrected chi connectivity index (χ4v) is 2.85. The van der Waals surface area contributed by atoms with E-state index >= 15 is 0 Å². The van der Waals surface area contributed by atoms with Crippen LogP contribution in [0.25, 0.3) is 0 Å². The highest BCUT2D eigenvalue weighted by Crippen LogP contribution is 2.24. The van der Waals surface area contributed by atoms with Crippen molar-refractivity contribution in [2.75, 3.05) is 24.6 Å². The van der Waals surface area contributed by atoms with Crippen molar-refractivity contribution in [2.45, 2.75) is 39.7 Å². The number of rotatable bonds is 5. The minimum Gasteiger partial charge on any atom is -0.466 e. The first kappa shape index (κ1) is 17.3. The first-order chi connectivity index (χ1) is 11.0. The molecule has 5 nitrogen and oxygen atoms in total. The SMILES string of the molecule is CCOC(=O)C1CCCN(c2cccc(C(=O)NC(C)C)c2)C1. The Morgan fingerprint density at radius 2 is 2.17 bits per heavy atom. The molecule has 23 heavy (non-hydrogen) atoms. The van der Waals surface area contributed by atoms with Crippen LogP contribution in [0.1, 0.15) is 44.0 Å². The Balaban J connectivity index is 2.09. The highest BCUT2D eigenvalue weighted by molar-refractivity contribution is 5.95. The van der Waals surface area contributed by atoms with Crippen molar-refractivity contribution in [3.05, 3.63) is 29.8 Å². The van der Waals surface area contributed by atoms with Crippen LogP contribution in [0.4, 0.5) is 5.69 Å². The molecule has 1 unspecified atom stereocenters. The maximum absolute atomic E-state index is 12.1. The van der Waals surface area contributed by atoms with Crippen molar-refractivity contribution in [3.63, 3.8) is 0 Å². The second-order valence-corrected chi connectivity index (χ2v) is 6.22. The number of hydrogen-bond donors (Lipinski definition) is 1. The van der Waals surface area contributed by atoms with E-state index in [1.54, 1.807) is 0 Å². The van der Waals surface area contributed by atoms with E-state index in [1.165, 1.54) is 0 Å². The van der Waals surface area contributed by atoms with Gasteiger partial charge in [-0.15, -0.1) is 0 Å². The minimum absolute atomic E-state index is 0.0687. The Morgan fingerprint density at radius 3 is 2.87 bits per heavy atom. The topological polar surface area (TPSA) is 58.6 Å². The molecule has 1 aliphatic rings. The van der Waals surface area contributed by atoms with Gasteiger partial charge in [0, 0.05) is 30.4 Å². The molecular weight excluding hydrogens is 292 g/mol. The highest BCUT2D eigenvalue weighted by atomic mass is 16.5. The lowest BCUT2D eigenvalue weighted by atomic mass is 9.97. The molecule has 1 aromatic rings. The van der Waals surface area contributed by atoms with Gasteiger partial charge in [0.1, 0.15) is 0 Å². The van der Waals surface area contributed by atoms with Crippen molar-refractivity contribution in [2.24, 2.45) is 5.92 Å². The van der Waals surface area contributed by atoms with E-state index < -0.39 is 0 Å². The number of ether oxygens (including phenoxy) is 1. The van der Waals surface area contributed by atoms with Gasteiger partial charge in [-0.1, -0.05) is 6.07 Å². The fraction of sp³-hybridized carbons (Fsp3) is 0.556. The van der Waals surface area contributed by atoms with Crippen LogP contribution in [0, 0.1) is 5.92 Å². The van der Waals surface area contributed by atoms with Gasteiger partial charge in [0.15, 0.2) is 0 Å². The summed E-state index contributed by atoms with van der Waals surface area (Å²) < 4.78 is 5.14. The predicted octanol–water partition coefficient (Wildman–Crippen LogP) is 2.60. The Labute approximate surface area is 138 Å². The molecule has 126 valence electrons. The molecule has 2 rings (SSSR count). The molecule has 0 spiro atoms. The summed E-state index contributed by atoms with van der Waals surface area (Å²) in [5.74, 6) is -0.274. The summed E-state index contributed by atoms with van der Waals surface area (Å²) in [4.78, 5) is 26.3. The van der Waals surface area contributed by atoms with Crippen molar-refractivity contribution < 1.29 is 14.3 Å². The number of piperidine rings is 1. The van der Waals surface area contributed by atoms with Crippen LogP contribution < -0.4 is 10.2 Å². The van der Waals surface area contributed by atoms with Crippen LogP contribution in [-0.2, 0) is 9.53 Å². The lowest BCUT2D eigenvalue weighted by molar-refractivity contribution is -0.148. The largest absolute Gasteiger partial charge is 0.466 e. The molecule has 1 atom stereocenters. The summed E-state index contributed by atoms with van der Waals surface area (Å²) in [6, 6.07) is 7.69. The van der Waals surface area contributed by atoms with Gasteiger partial charge in [-0.3, -0.25) is 9.59 Å². The normalized spacial score (nSPS) is 17.9. The maximum atomic E-state index is 12.1. The number of amides is 1. The van der Waals surface area contributed by atoms with Crippen LogP contribution >= 0.6 is 0 Å². The third-order valence-electron chi connectivity index (χ3n) is 3.93. The van der Waals surface area contributed by atoms with Gasteiger partial charge in [-0.2, -0.15) is 0 Å². The summed E-state index contributed by atoms with van der Waals surface area (Å²) in [5, 5.41) is 2.90. The van der Waals surface area contributed by atoms with Crippen LogP contribution in [0.2, 0.25) is 0 Å². The molecule has 1 amide bonds. The minimum atomic E-state index is -0.120. The Bertz CT molecular complexity index is 557. The second-order valence-electron chi connectivity index (χ2n) is 6.22. The molecule has 1 N–H and O–H groups in total. The molecule has 5 heteroatoms. The molecule has 1 heterocycles. The fourth-order valence-electron chi connectivity index (χ4n) is 2.85. The summed E-state index contributed by atoms with van der Waals surface area (Å²) >= 11 is 0. The number of anilines is 1. The van der Waals surface area contributed by atoms with E-state index in [0.717, 1.165) is 25.1 Å². The number of nitrogens with one attached hydrogen (secondary N) is 1. The van der Waals surface area contributed by atoms with Gasteiger partial charge in [0.25, 0.3) is 5.91 Å². The smallest absolute Gasteiger partial charge is 0.310 e. The molecular formula is C18H26N2O3. The van der Waals surface area contributed by atoms with Gasteiger partial charge in [0.05, 0.1) is 12.5 Å². The first-order valence-corrected chi connectivity index (χ1v) is 8.33. The van der Waals surface area contributed by atoms with E-state index in [2.05, 4.69) is 10.2 Å². The van der Waals surface area contributed by atoms with Gasteiger partial charge < -0.3 is 15.0 Å². The van der Waals surface area contributed by atoms with E-state index in [0.29, 0.717) is 18.7 Å². The molecule has 1 aliphatic heterocycles. The lowest BCUT2D eigenvalue weighted by Crippen LogP contribution is -2.39. The van der Waals surface area contributed by atoms with Crippen LogP contribution in [0.15, 0.2) is 24.3 Å². The summed E-state index contributed by atoms with van der Waals surface area (Å²) in [5.41, 5.74) is 1.63. The van der Waals surface area contributed by atoms with E-state index in [9.17, 15) is 9.59 Å². The Kier molecular flexibility index (Phi) is 6.02. The van der Waals surface area contributed by atoms with Crippen molar-refractivity contribution in [3.8, 4) is 0 Å². The molecule has 0 radical (unpaired) electrons. The average Bonchev–Trinajstić information content (AvgIpc) is 2.55. The third-order valence-corrected chi connectivity index (χ3v) is 3.93. The van der Waals surface area contributed by atoms with Crippen LogP contribution in [0.5, 0.6) is 0 Å². The molecule has 0 saturated carbocycles. The summed E-state index contributed by atoms with van der Waals surface area (Å²) in [6.45, 7) is 7.67. The number of nitrogens with zero attached hydrogens (tertiary/aromatic N) is 1. The monoisotopic (exact) mass is 318 g/mol. The molecule has 0 aliphatic carbocycles. The number of carbonyl (C=O) groups excluding carboxylic acids is 2. The first-order valence-electron chi connectivity index (χ1n) is 8.33. The quantitative estimate of drug-likeness (QED) is 0.848. The van der Waals surface area contributed by atoms with Crippen molar-refractivity contribution in [1.29, 1.82) is 0 Å². The van der Waals surface area contributed by atoms with Gasteiger partial charge >= 0.3 is 5.97 Å². The number of esters is 1. The number of hydrogen-bond acceptors (Lipinski definition) is 4. The van der Waals surface area contributed by atoms with E-state index in [-0.39, 0.29) is 23.8 Å². The third kappa shape index (κ3) is 4.71. The standard InChI is InChI=1S/C18H26N2O3/c1-4-23-18(22)15-8-6-10-20(12-15)16-9-5-7-14(11-16)17(21)19-13(2)3/h5,7,9,11,13,15H,4,6,8,10,12H2,1-3H3,(H,19,21). The van der Waals surface area contributed by atoms with Crippen LogP contribution in [0.3, 0.4) is 0 Å². The molecule has 1 saturated heterocycles. The molecule has 1 fully saturated rings. The Hall–Kier alpha value is -2.04. The van der Waals surface area contributed by atoms with E-state index in [4.69, 9.17) is 4.74 Å². The average molecular weight is 318 g/mol. The number of carbonyl (C=O) groups is 2. The molecule has 0 aromatic heterocycles.